The molecule has 0 bridgehead atoms. The fourth-order valence-electron chi connectivity index (χ4n) is 2.28. The Bertz CT molecular complexity index is 687. The second-order valence-electron chi connectivity index (χ2n) is 5.04. The van der Waals surface area contributed by atoms with Gasteiger partial charge in [0.2, 0.25) is 0 Å². The number of methoxy groups -OCH3 is 1. The summed E-state index contributed by atoms with van der Waals surface area (Å²) < 4.78 is 11.1. The molecule has 0 atom stereocenters. The summed E-state index contributed by atoms with van der Waals surface area (Å²) in [6.45, 7) is 1.92. The third kappa shape index (κ3) is 2.74. The van der Waals surface area contributed by atoms with Crippen LogP contribution in [0.3, 0.4) is 0 Å². The van der Waals surface area contributed by atoms with Crippen molar-refractivity contribution in [1.82, 2.24) is 10.2 Å². The molecule has 1 aromatic heterocycles. The van der Waals surface area contributed by atoms with Crippen molar-refractivity contribution in [3.63, 3.8) is 0 Å². The molecule has 21 heavy (non-hydrogen) atoms. The number of nitrogens with zero attached hydrogens (tertiary/aromatic N) is 2. The molecule has 0 saturated heterocycles. The van der Waals surface area contributed by atoms with Crippen LogP contribution >= 0.6 is 11.6 Å². The van der Waals surface area contributed by atoms with Gasteiger partial charge in [0.15, 0.2) is 10.9 Å². The Morgan fingerprint density at radius 3 is 2.67 bits per heavy atom. The highest BCUT2D eigenvalue weighted by atomic mass is 35.5. The summed E-state index contributed by atoms with van der Waals surface area (Å²) in [5.74, 6) is 1.79. The molecule has 1 saturated carbocycles. The SMILES string of the molecule is COc1ccc(C2CC2)c(Oc2nnc(Cl)cc2O)c1C. The third-order valence-electron chi connectivity index (χ3n) is 3.53. The molecule has 110 valence electrons. The van der Waals surface area contributed by atoms with Gasteiger partial charge in [0.25, 0.3) is 5.88 Å². The largest absolute Gasteiger partial charge is 0.503 e. The average Bonchev–Trinajstić information content (AvgIpc) is 3.28. The summed E-state index contributed by atoms with van der Waals surface area (Å²) in [7, 11) is 1.61. The second-order valence-corrected chi connectivity index (χ2v) is 5.43. The number of aromatic hydroxyl groups is 1. The molecule has 1 fully saturated rings. The first kappa shape index (κ1) is 13.9. The number of aromatic nitrogens is 2. The van der Waals surface area contributed by atoms with Crippen LogP contribution in [0, 0.1) is 6.92 Å². The van der Waals surface area contributed by atoms with Crippen molar-refractivity contribution in [1.29, 1.82) is 0 Å². The highest BCUT2D eigenvalue weighted by Gasteiger charge is 2.29. The van der Waals surface area contributed by atoms with E-state index in [-0.39, 0.29) is 16.8 Å². The van der Waals surface area contributed by atoms with Crippen LogP contribution in [0.25, 0.3) is 0 Å². The molecule has 0 aliphatic heterocycles. The lowest BCUT2D eigenvalue weighted by molar-refractivity contribution is 0.378. The average molecular weight is 307 g/mol. The number of halogens is 1. The van der Waals surface area contributed by atoms with E-state index in [1.807, 2.05) is 19.1 Å². The van der Waals surface area contributed by atoms with E-state index in [1.165, 1.54) is 6.07 Å². The molecule has 0 spiro atoms. The Labute approximate surface area is 127 Å². The van der Waals surface area contributed by atoms with E-state index < -0.39 is 0 Å². The van der Waals surface area contributed by atoms with E-state index >= 15 is 0 Å². The molecule has 5 nitrogen and oxygen atoms in total. The zero-order valence-electron chi connectivity index (χ0n) is 11.8. The van der Waals surface area contributed by atoms with Crippen molar-refractivity contribution in [2.75, 3.05) is 7.11 Å². The zero-order chi connectivity index (χ0) is 15.0. The molecule has 1 aromatic carbocycles. The lowest BCUT2D eigenvalue weighted by Gasteiger charge is -2.15. The Morgan fingerprint density at radius 2 is 2.05 bits per heavy atom. The molecule has 2 aromatic rings. The number of hydrogen-bond acceptors (Lipinski definition) is 5. The number of benzene rings is 1. The van der Waals surface area contributed by atoms with Gasteiger partial charge in [0.1, 0.15) is 11.5 Å². The molecule has 1 aliphatic carbocycles. The van der Waals surface area contributed by atoms with Gasteiger partial charge >= 0.3 is 0 Å². The highest BCUT2D eigenvalue weighted by Crippen LogP contribution is 2.48. The molecule has 1 N–H and O–H groups in total. The lowest BCUT2D eigenvalue weighted by Crippen LogP contribution is -1.99. The Morgan fingerprint density at radius 1 is 1.29 bits per heavy atom. The van der Waals surface area contributed by atoms with E-state index in [0.717, 1.165) is 29.7 Å². The lowest BCUT2D eigenvalue weighted by atomic mass is 10.0. The van der Waals surface area contributed by atoms with Gasteiger partial charge in [-0.3, -0.25) is 0 Å². The van der Waals surface area contributed by atoms with E-state index in [9.17, 15) is 5.11 Å². The van der Waals surface area contributed by atoms with Gasteiger partial charge in [0, 0.05) is 11.6 Å². The minimum atomic E-state index is -0.140. The summed E-state index contributed by atoms with van der Waals surface area (Å²) in [6, 6.07) is 5.23. The van der Waals surface area contributed by atoms with Crippen LogP contribution < -0.4 is 9.47 Å². The monoisotopic (exact) mass is 306 g/mol. The molecule has 0 radical (unpaired) electrons. The molecular formula is C15H15ClN2O3. The Hall–Kier alpha value is -2.01. The van der Waals surface area contributed by atoms with E-state index in [4.69, 9.17) is 21.1 Å². The van der Waals surface area contributed by atoms with Crippen molar-refractivity contribution in [2.45, 2.75) is 25.7 Å². The maximum atomic E-state index is 9.87. The van der Waals surface area contributed by atoms with Gasteiger partial charge in [-0.15, -0.1) is 10.2 Å². The first-order valence-corrected chi connectivity index (χ1v) is 7.05. The summed E-state index contributed by atoms with van der Waals surface area (Å²) in [5, 5.41) is 17.5. The quantitative estimate of drug-likeness (QED) is 0.930. The van der Waals surface area contributed by atoms with Crippen molar-refractivity contribution < 1.29 is 14.6 Å². The predicted octanol–water partition coefficient (Wildman–Crippen LogP) is 3.82. The summed E-state index contributed by atoms with van der Waals surface area (Å²) in [6.07, 6.45) is 2.28. The van der Waals surface area contributed by atoms with Crippen molar-refractivity contribution in [3.05, 3.63) is 34.5 Å². The van der Waals surface area contributed by atoms with Crippen molar-refractivity contribution in [3.8, 4) is 23.1 Å². The van der Waals surface area contributed by atoms with Gasteiger partial charge < -0.3 is 14.6 Å². The van der Waals surface area contributed by atoms with Crippen LogP contribution in [-0.2, 0) is 0 Å². The number of ether oxygens (including phenoxy) is 2. The smallest absolute Gasteiger partial charge is 0.281 e. The third-order valence-corrected chi connectivity index (χ3v) is 3.72. The Kier molecular flexibility index (Phi) is 3.59. The van der Waals surface area contributed by atoms with Crippen LogP contribution in [-0.4, -0.2) is 22.4 Å². The van der Waals surface area contributed by atoms with E-state index in [1.54, 1.807) is 7.11 Å². The van der Waals surface area contributed by atoms with Crippen LogP contribution in [0.1, 0.15) is 29.9 Å². The highest BCUT2D eigenvalue weighted by molar-refractivity contribution is 6.29. The summed E-state index contributed by atoms with van der Waals surface area (Å²) in [4.78, 5) is 0. The van der Waals surface area contributed by atoms with Gasteiger partial charge in [-0.05, 0) is 37.3 Å². The normalized spacial score (nSPS) is 14.0. The second kappa shape index (κ2) is 5.41. The van der Waals surface area contributed by atoms with Crippen LogP contribution in [0.15, 0.2) is 18.2 Å². The summed E-state index contributed by atoms with van der Waals surface area (Å²) >= 11 is 5.68. The molecular weight excluding hydrogens is 292 g/mol. The van der Waals surface area contributed by atoms with Gasteiger partial charge in [-0.1, -0.05) is 17.7 Å². The molecule has 0 unspecified atom stereocenters. The first-order chi connectivity index (χ1) is 10.1. The molecule has 0 amide bonds. The van der Waals surface area contributed by atoms with Crippen LogP contribution in [0.5, 0.6) is 23.1 Å². The maximum Gasteiger partial charge on any atom is 0.281 e. The Balaban J connectivity index is 2.03. The molecule has 3 rings (SSSR count). The van der Waals surface area contributed by atoms with E-state index in [2.05, 4.69) is 10.2 Å². The standard InChI is InChI=1S/C15H15ClN2O3/c1-8-12(20-2)6-5-10(9-3-4-9)14(8)21-15-11(19)7-13(16)17-18-15/h5-7,9H,3-4H2,1-2H3,(H,17,19). The number of hydrogen-bond donors (Lipinski definition) is 1. The fraction of sp³-hybridized carbons (Fsp3) is 0.333. The van der Waals surface area contributed by atoms with Crippen LogP contribution in [0.2, 0.25) is 5.15 Å². The molecule has 6 heteroatoms. The maximum absolute atomic E-state index is 9.87. The zero-order valence-corrected chi connectivity index (χ0v) is 12.5. The van der Waals surface area contributed by atoms with Gasteiger partial charge in [-0.2, -0.15) is 0 Å². The van der Waals surface area contributed by atoms with E-state index in [0.29, 0.717) is 11.7 Å². The predicted molar refractivity (Wildman–Crippen MR) is 78.5 cm³/mol. The molecule has 1 aliphatic rings. The first-order valence-electron chi connectivity index (χ1n) is 6.67. The van der Waals surface area contributed by atoms with Gasteiger partial charge in [-0.25, -0.2) is 0 Å². The minimum absolute atomic E-state index is 0.0395. The van der Waals surface area contributed by atoms with Gasteiger partial charge in [0.05, 0.1) is 7.11 Å². The topological polar surface area (TPSA) is 64.5 Å². The van der Waals surface area contributed by atoms with Crippen molar-refractivity contribution in [2.24, 2.45) is 0 Å². The fourth-order valence-corrected chi connectivity index (χ4v) is 2.43. The van der Waals surface area contributed by atoms with Crippen LogP contribution in [0.4, 0.5) is 0 Å². The van der Waals surface area contributed by atoms with Crippen molar-refractivity contribution >= 4 is 11.6 Å². The number of rotatable bonds is 4. The molecule has 1 heterocycles. The minimum Gasteiger partial charge on any atom is -0.503 e. The summed E-state index contributed by atoms with van der Waals surface area (Å²) in [5.41, 5.74) is 1.97.